The molecule has 1 aliphatic rings. The number of hydrogen-bond acceptors (Lipinski definition) is 4. The van der Waals surface area contributed by atoms with Gasteiger partial charge in [-0.05, 0) is 63.3 Å². The molecule has 2 amide bonds. The Hall–Kier alpha value is -3.65. The number of fused-ring (bicyclic) bond motifs is 3. The van der Waals surface area contributed by atoms with Crippen molar-refractivity contribution >= 4 is 39.6 Å². The Morgan fingerprint density at radius 3 is 2.21 bits per heavy atom. The molecule has 0 aliphatic heterocycles. The minimum atomic E-state index is -1.14. The van der Waals surface area contributed by atoms with Gasteiger partial charge in [-0.2, -0.15) is 0 Å². The molecule has 3 aromatic carbocycles. The molecule has 0 fully saturated rings. The Kier molecular flexibility index (Phi) is 6.46. The predicted octanol–water partition coefficient (Wildman–Crippen LogP) is 5.01. The van der Waals surface area contributed by atoms with E-state index >= 15 is 0 Å². The van der Waals surface area contributed by atoms with Gasteiger partial charge in [-0.3, -0.25) is 14.9 Å². The van der Waals surface area contributed by atoms with Crippen molar-refractivity contribution in [2.75, 3.05) is 11.9 Å². The van der Waals surface area contributed by atoms with Crippen LogP contribution in [0.5, 0.6) is 0 Å². The fourth-order valence-corrected chi connectivity index (χ4v) is 4.19. The zero-order valence-electron chi connectivity index (χ0n) is 17.7. The van der Waals surface area contributed by atoms with E-state index in [9.17, 15) is 14.4 Å². The van der Waals surface area contributed by atoms with Gasteiger partial charge in [-0.15, -0.1) is 0 Å². The maximum absolute atomic E-state index is 12.6. The SMILES string of the molecule is C[C@H](NC(=O)c1ccc(Br)c(NC(=O)OCC2c3ccccc3-c3ccccc32)c1)C(=O)O. The summed E-state index contributed by atoms with van der Waals surface area (Å²) in [5, 5.41) is 14.0. The first kappa shape index (κ1) is 22.5. The molecule has 0 bridgehead atoms. The first-order chi connectivity index (χ1) is 15.8. The molecule has 0 saturated heterocycles. The summed E-state index contributed by atoms with van der Waals surface area (Å²) >= 11 is 3.35. The summed E-state index contributed by atoms with van der Waals surface area (Å²) in [5.41, 5.74) is 5.04. The average molecular weight is 509 g/mol. The normalized spacial score (nSPS) is 12.9. The van der Waals surface area contributed by atoms with Gasteiger partial charge < -0.3 is 15.2 Å². The maximum atomic E-state index is 12.6. The third-order valence-corrected chi connectivity index (χ3v) is 6.22. The van der Waals surface area contributed by atoms with E-state index in [1.54, 1.807) is 6.07 Å². The van der Waals surface area contributed by atoms with Crippen molar-refractivity contribution in [3.05, 3.63) is 87.9 Å². The van der Waals surface area contributed by atoms with E-state index in [0.717, 1.165) is 22.3 Å². The molecule has 168 valence electrons. The van der Waals surface area contributed by atoms with E-state index in [2.05, 4.69) is 38.7 Å². The molecule has 0 saturated carbocycles. The van der Waals surface area contributed by atoms with E-state index in [1.165, 1.54) is 19.1 Å². The smallest absolute Gasteiger partial charge is 0.411 e. The van der Waals surface area contributed by atoms with Crippen LogP contribution in [-0.2, 0) is 9.53 Å². The highest BCUT2D eigenvalue weighted by Crippen LogP contribution is 2.44. The van der Waals surface area contributed by atoms with Gasteiger partial charge in [0.25, 0.3) is 5.91 Å². The van der Waals surface area contributed by atoms with Crippen LogP contribution < -0.4 is 10.6 Å². The van der Waals surface area contributed by atoms with Crippen LogP contribution in [0, 0.1) is 0 Å². The lowest BCUT2D eigenvalue weighted by Crippen LogP contribution is -2.38. The highest BCUT2D eigenvalue weighted by atomic mass is 79.9. The summed E-state index contributed by atoms with van der Waals surface area (Å²) in [7, 11) is 0. The molecule has 33 heavy (non-hydrogen) atoms. The molecule has 3 aromatic rings. The molecular weight excluding hydrogens is 488 g/mol. The fourth-order valence-electron chi connectivity index (χ4n) is 3.85. The standard InChI is InChI=1S/C25H21BrN2O5/c1-14(24(30)31)27-23(29)15-10-11-21(26)22(12-15)28-25(32)33-13-20-18-8-4-2-6-16(18)17-7-3-5-9-19(17)20/h2-12,14,20H,13H2,1H3,(H,27,29)(H,28,32)(H,30,31)/t14-/m0/s1. The lowest BCUT2D eigenvalue weighted by Gasteiger charge is -2.15. The zero-order chi connectivity index (χ0) is 23.5. The van der Waals surface area contributed by atoms with Gasteiger partial charge in [-0.1, -0.05) is 48.5 Å². The Morgan fingerprint density at radius 2 is 1.61 bits per heavy atom. The van der Waals surface area contributed by atoms with Crippen LogP contribution >= 0.6 is 15.9 Å². The molecule has 0 unspecified atom stereocenters. The molecule has 7 nitrogen and oxygen atoms in total. The van der Waals surface area contributed by atoms with E-state index in [1.807, 2.05) is 36.4 Å². The van der Waals surface area contributed by atoms with Crippen LogP contribution in [0.25, 0.3) is 11.1 Å². The lowest BCUT2D eigenvalue weighted by molar-refractivity contribution is -0.138. The highest BCUT2D eigenvalue weighted by Gasteiger charge is 2.29. The molecule has 0 heterocycles. The van der Waals surface area contributed by atoms with Gasteiger partial charge in [0.15, 0.2) is 0 Å². The molecule has 3 N–H and O–H groups in total. The van der Waals surface area contributed by atoms with Gasteiger partial charge in [0, 0.05) is 16.0 Å². The van der Waals surface area contributed by atoms with Crippen LogP contribution in [0.3, 0.4) is 0 Å². The number of rotatable bonds is 6. The third kappa shape index (κ3) is 4.75. The minimum Gasteiger partial charge on any atom is -0.480 e. The monoisotopic (exact) mass is 508 g/mol. The quantitative estimate of drug-likeness (QED) is 0.433. The lowest BCUT2D eigenvalue weighted by atomic mass is 9.98. The largest absolute Gasteiger partial charge is 0.480 e. The summed E-state index contributed by atoms with van der Waals surface area (Å²) in [5.74, 6) is -1.77. The van der Waals surface area contributed by atoms with Crippen molar-refractivity contribution in [1.29, 1.82) is 0 Å². The minimum absolute atomic E-state index is 0.0683. The summed E-state index contributed by atoms with van der Waals surface area (Å²) in [6.07, 6.45) is -0.658. The average Bonchev–Trinajstić information content (AvgIpc) is 3.12. The van der Waals surface area contributed by atoms with Gasteiger partial charge in [0.05, 0.1) is 5.69 Å². The summed E-state index contributed by atoms with van der Waals surface area (Å²) in [4.78, 5) is 35.8. The number of nitrogens with one attached hydrogen (secondary N) is 2. The fraction of sp³-hybridized carbons (Fsp3) is 0.160. The van der Waals surface area contributed by atoms with Crippen LogP contribution in [0.1, 0.15) is 34.3 Å². The Labute approximate surface area is 198 Å². The van der Waals surface area contributed by atoms with Crippen LogP contribution in [0.2, 0.25) is 0 Å². The number of anilines is 1. The van der Waals surface area contributed by atoms with Crippen molar-refractivity contribution in [3.8, 4) is 11.1 Å². The predicted molar refractivity (Wildman–Crippen MR) is 127 cm³/mol. The second-order valence-corrected chi connectivity index (χ2v) is 8.53. The number of amides is 2. The molecule has 0 aromatic heterocycles. The third-order valence-electron chi connectivity index (χ3n) is 5.53. The Balaban J connectivity index is 1.45. The van der Waals surface area contributed by atoms with Crippen molar-refractivity contribution in [2.45, 2.75) is 18.9 Å². The second-order valence-electron chi connectivity index (χ2n) is 7.68. The number of benzene rings is 3. The Morgan fingerprint density at radius 1 is 1.00 bits per heavy atom. The number of carboxylic acid groups (broad SMARTS) is 1. The number of ether oxygens (including phenoxy) is 1. The van der Waals surface area contributed by atoms with E-state index < -0.39 is 24.0 Å². The molecule has 1 aliphatic carbocycles. The van der Waals surface area contributed by atoms with Crippen molar-refractivity contribution < 1.29 is 24.2 Å². The van der Waals surface area contributed by atoms with Crippen LogP contribution in [-0.4, -0.2) is 35.7 Å². The highest BCUT2D eigenvalue weighted by molar-refractivity contribution is 9.10. The summed E-state index contributed by atoms with van der Waals surface area (Å²) in [6.45, 7) is 1.53. The number of hydrogen-bond donors (Lipinski definition) is 3. The first-order valence-electron chi connectivity index (χ1n) is 10.3. The molecular formula is C25H21BrN2O5. The number of carbonyl (C=O) groups is 3. The zero-order valence-corrected chi connectivity index (χ0v) is 19.3. The molecule has 1 atom stereocenters. The number of halogens is 1. The van der Waals surface area contributed by atoms with E-state index in [4.69, 9.17) is 9.84 Å². The Bertz CT molecular complexity index is 1200. The van der Waals surface area contributed by atoms with Gasteiger partial charge in [0.1, 0.15) is 12.6 Å². The number of aliphatic carboxylic acids is 1. The van der Waals surface area contributed by atoms with Crippen molar-refractivity contribution in [2.24, 2.45) is 0 Å². The molecule has 0 radical (unpaired) electrons. The molecule has 8 heteroatoms. The summed E-state index contributed by atoms with van der Waals surface area (Å²) < 4.78 is 6.10. The summed E-state index contributed by atoms with van der Waals surface area (Å²) in [6, 6.07) is 19.7. The second kappa shape index (κ2) is 9.46. The number of carboxylic acids is 1. The first-order valence-corrected chi connectivity index (χ1v) is 11.1. The van der Waals surface area contributed by atoms with E-state index in [0.29, 0.717) is 10.2 Å². The van der Waals surface area contributed by atoms with E-state index in [-0.39, 0.29) is 18.1 Å². The van der Waals surface area contributed by atoms with Gasteiger partial charge in [-0.25, -0.2) is 4.79 Å². The molecule has 4 rings (SSSR count). The van der Waals surface area contributed by atoms with Gasteiger partial charge >= 0.3 is 12.1 Å². The molecule has 0 spiro atoms. The van der Waals surface area contributed by atoms with Crippen molar-refractivity contribution in [1.82, 2.24) is 5.32 Å². The van der Waals surface area contributed by atoms with Crippen LogP contribution in [0.15, 0.2) is 71.2 Å². The number of carbonyl (C=O) groups excluding carboxylic acids is 2. The van der Waals surface area contributed by atoms with Gasteiger partial charge in [0.2, 0.25) is 0 Å². The topological polar surface area (TPSA) is 105 Å². The maximum Gasteiger partial charge on any atom is 0.411 e. The van der Waals surface area contributed by atoms with Crippen molar-refractivity contribution in [3.63, 3.8) is 0 Å². The van der Waals surface area contributed by atoms with Crippen LogP contribution in [0.4, 0.5) is 10.5 Å².